The molecule has 1 saturated carbocycles. The van der Waals surface area contributed by atoms with Crippen LogP contribution in [-0.2, 0) is 11.3 Å². The lowest BCUT2D eigenvalue weighted by Gasteiger charge is -2.37. The van der Waals surface area contributed by atoms with E-state index in [-0.39, 0.29) is 12.0 Å². The lowest BCUT2D eigenvalue weighted by Crippen LogP contribution is -2.45. The number of benzene rings is 2. The standard InChI is InChI=1S/C29H29BrCl2N4O3/c1-16-11-18(7-10-23(16)30)29(37)34-33-15-36-19-8-9-20(36)13-21(12-19)38-14-22-27(35-39-28(22)17-5-6-17)26-24(31)3-2-4-25(26)32/h2-4,7,10-11,15,17,19-21H,5-6,8-9,12-14H2,1H3,(H,34,37)/b33-15+/t19-,20+,21+. The third-order valence-electron chi connectivity index (χ3n) is 7.95. The molecule has 3 aromatic rings. The van der Waals surface area contributed by atoms with Crippen LogP contribution in [0.15, 0.2) is 50.5 Å². The molecule has 2 saturated heterocycles. The predicted octanol–water partition coefficient (Wildman–Crippen LogP) is 7.48. The van der Waals surface area contributed by atoms with Gasteiger partial charge in [-0.05, 0) is 81.3 Å². The molecule has 7 nitrogen and oxygen atoms in total. The number of ether oxygens (including phenoxy) is 1. The first-order valence-corrected chi connectivity index (χ1v) is 14.9. The summed E-state index contributed by atoms with van der Waals surface area (Å²) in [6.45, 7) is 2.36. The summed E-state index contributed by atoms with van der Waals surface area (Å²) in [6.07, 6.45) is 8.04. The Hall–Kier alpha value is -2.39. The lowest BCUT2D eigenvalue weighted by molar-refractivity contribution is -0.0105. The number of hydrogen-bond acceptors (Lipinski definition) is 5. The normalized spacial score (nSPS) is 22.6. The van der Waals surface area contributed by atoms with Gasteiger partial charge in [0.1, 0.15) is 17.8 Å². The summed E-state index contributed by atoms with van der Waals surface area (Å²) in [5.74, 6) is 1.06. The Kier molecular flexibility index (Phi) is 7.73. The molecule has 6 rings (SSSR count). The monoisotopic (exact) mass is 630 g/mol. The highest BCUT2D eigenvalue weighted by Gasteiger charge is 2.40. The molecule has 1 aromatic heterocycles. The number of rotatable bonds is 8. The largest absolute Gasteiger partial charge is 0.373 e. The number of nitrogens with one attached hydrogen (secondary N) is 1. The van der Waals surface area contributed by atoms with Crippen LogP contribution >= 0.6 is 39.1 Å². The molecule has 2 bridgehead atoms. The second kappa shape index (κ2) is 11.2. The molecule has 10 heteroatoms. The molecular weight excluding hydrogens is 603 g/mol. The summed E-state index contributed by atoms with van der Waals surface area (Å²) in [5, 5.41) is 9.76. The summed E-state index contributed by atoms with van der Waals surface area (Å²) in [4.78, 5) is 14.8. The number of hydrogen-bond donors (Lipinski definition) is 1. The third-order valence-corrected chi connectivity index (χ3v) is 9.47. The highest BCUT2D eigenvalue weighted by Crippen LogP contribution is 2.46. The summed E-state index contributed by atoms with van der Waals surface area (Å²) in [6, 6.07) is 11.6. The molecule has 0 unspecified atom stereocenters. The number of carbonyl (C=O) groups excluding carboxylic acids is 1. The van der Waals surface area contributed by atoms with E-state index in [0.29, 0.717) is 51.5 Å². The van der Waals surface area contributed by atoms with Gasteiger partial charge in [0.2, 0.25) is 0 Å². The zero-order valence-electron chi connectivity index (χ0n) is 21.5. The molecule has 0 radical (unpaired) electrons. The van der Waals surface area contributed by atoms with Gasteiger partial charge in [-0.15, -0.1) is 0 Å². The van der Waals surface area contributed by atoms with E-state index < -0.39 is 0 Å². The van der Waals surface area contributed by atoms with Crippen LogP contribution in [0.2, 0.25) is 10.0 Å². The Morgan fingerprint density at radius 1 is 1.18 bits per heavy atom. The number of fused-ring (bicyclic) bond motifs is 2. The van der Waals surface area contributed by atoms with Crippen molar-refractivity contribution in [2.75, 3.05) is 0 Å². The van der Waals surface area contributed by atoms with Gasteiger partial charge in [0, 0.05) is 39.2 Å². The van der Waals surface area contributed by atoms with Crippen molar-refractivity contribution in [2.45, 2.75) is 76.2 Å². The van der Waals surface area contributed by atoms with Crippen LogP contribution in [0.3, 0.4) is 0 Å². The van der Waals surface area contributed by atoms with Crippen molar-refractivity contribution in [1.82, 2.24) is 15.5 Å². The second-order valence-corrected chi connectivity index (χ2v) is 12.3. The number of halogens is 3. The maximum Gasteiger partial charge on any atom is 0.271 e. The molecule has 2 aromatic carbocycles. The first-order chi connectivity index (χ1) is 18.9. The van der Waals surface area contributed by atoms with E-state index in [1.807, 2.05) is 37.3 Å². The number of aromatic nitrogens is 1. The van der Waals surface area contributed by atoms with Crippen molar-refractivity contribution < 1.29 is 14.1 Å². The minimum atomic E-state index is -0.220. The van der Waals surface area contributed by atoms with E-state index >= 15 is 0 Å². The third kappa shape index (κ3) is 5.62. The van der Waals surface area contributed by atoms with Gasteiger partial charge < -0.3 is 14.2 Å². The Labute approximate surface area is 246 Å². The van der Waals surface area contributed by atoms with E-state index in [0.717, 1.165) is 59.9 Å². The summed E-state index contributed by atoms with van der Waals surface area (Å²) >= 11 is 16.5. The molecule has 0 spiro atoms. The van der Waals surface area contributed by atoms with Gasteiger partial charge in [0.25, 0.3) is 5.91 Å². The van der Waals surface area contributed by atoms with Gasteiger partial charge in [-0.2, -0.15) is 5.10 Å². The van der Waals surface area contributed by atoms with Gasteiger partial charge in [0.05, 0.1) is 22.8 Å². The zero-order valence-corrected chi connectivity index (χ0v) is 24.6. The second-order valence-electron chi connectivity index (χ2n) is 10.6. The number of amides is 1. The van der Waals surface area contributed by atoms with Crippen LogP contribution < -0.4 is 5.43 Å². The molecule has 3 fully saturated rings. The SMILES string of the molecule is Cc1cc(C(=O)N/N=C/N2[C@@H]3CC[C@H]2C[C@@H](OCc2c(-c4c(Cl)cccc4Cl)noc2C2CC2)C3)ccc1Br. The molecule has 204 valence electrons. The number of hydrazone groups is 1. The van der Waals surface area contributed by atoms with Crippen molar-refractivity contribution in [1.29, 1.82) is 0 Å². The van der Waals surface area contributed by atoms with Gasteiger partial charge in [-0.3, -0.25) is 4.79 Å². The average molecular weight is 632 g/mol. The van der Waals surface area contributed by atoms with Crippen LogP contribution in [0.25, 0.3) is 11.3 Å². The maximum absolute atomic E-state index is 12.5. The molecule has 3 heterocycles. The quantitative estimate of drug-likeness (QED) is 0.158. The number of piperidine rings is 1. The van der Waals surface area contributed by atoms with E-state index in [1.54, 1.807) is 12.4 Å². The van der Waals surface area contributed by atoms with Gasteiger partial charge >= 0.3 is 0 Å². The van der Waals surface area contributed by atoms with Gasteiger partial charge in [0.15, 0.2) is 0 Å². The Morgan fingerprint density at radius 2 is 1.90 bits per heavy atom. The predicted molar refractivity (Wildman–Crippen MR) is 155 cm³/mol. The molecule has 39 heavy (non-hydrogen) atoms. The smallest absolute Gasteiger partial charge is 0.271 e. The molecule has 1 amide bonds. The fourth-order valence-electron chi connectivity index (χ4n) is 5.74. The van der Waals surface area contributed by atoms with Crippen molar-refractivity contribution in [2.24, 2.45) is 5.10 Å². The zero-order chi connectivity index (χ0) is 27.1. The van der Waals surface area contributed by atoms with Gasteiger partial charge in [-0.1, -0.05) is 50.4 Å². The van der Waals surface area contributed by atoms with Crippen LogP contribution in [0.4, 0.5) is 0 Å². The molecular formula is C29H29BrCl2N4O3. The molecule has 1 aliphatic carbocycles. The van der Waals surface area contributed by atoms with Gasteiger partial charge in [-0.25, -0.2) is 5.43 Å². The summed E-state index contributed by atoms with van der Waals surface area (Å²) in [5.41, 5.74) is 6.59. The van der Waals surface area contributed by atoms with Crippen LogP contribution in [0, 0.1) is 6.92 Å². The maximum atomic E-state index is 12.5. The van der Waals surface area contributed by atoms with Crippen LogP contribution in [0.1, 0.15) is 71.7 Å². The van der Waals surface area contributed by atoms with Crippen molar-refractivity contribution in [3.8, 4) is 11.3 Å². The topological polar surface area (TPSA) is 80.0 Å². The Morgan fingerprint density at radius 3 is 2.56 bits per heavy atom. The van der Waals surface area contributed by atoms with Crippen LogP contribution in [-0.4, -0.2) is 40.5 Å². The number of nitrogens with zero attached hydrogens (tertiary/aromatic N) is 3. The average Bonchev–Trinajstić information content (AvgIpc) is 3.63. The molecule has 3 aliphatic rings. The van der Waals surface area contributed by atoms with E-state index in [2.05, 4.69) is 36.5 Å². The fourth-order valence-corrected chi connectivity index (χ4v) is 6.57. The van der Waals surface area contributed by atoms with Crippen molar-refractivity contribution in [3.63, 3.8) is 0 Å². The van der Waals surface area contributed by atoms with E-state index in [9.17, 15) is 4.79 Å². The molecule has 2 aliphatic heterocycles. The van der Waals surface area contributed by atoms with E-state index in [1.165, 1.54) is 0 Å². The Balaban J connectivity index is 1.10. The summed E-state index contributed by atoms with van der Waals surface area (Å²) < 4.78 is 13.3. The molecule has 1 N–H and O–H groups in total. The van der Waals surface area contributed by atoms with Crippen LogP contribution in [0.5, 0.6) is 0 Å². The first-order valence-electron chi connectivity index (χ1n) is 13.3. The molecule has 3 atom stereocenters. The number of carbonyl (C=O) groups is 1. The highest BCUT2D eigenvalue weighted by molar-refractivity contribution is 9.10. The highest BCUT2D eigenvalue weighted by atomic mass is 79.9. The fraction of sp³-hybridized carbons (Fsp3) is 0.414. The van der Waals surface area contributed by atoms with E-state index in [4.69, 9.17) is 32.5 Å². The lowest BCUT2D eigenvalue weighted by atomic mass is 10.00. The Bertz CT molecular complexity index is 1390. The first kappa shape index (κ1) is 26.8. The van der Waals surface area contributed by atoms with Crippen molar-refractivity contribution >= 4 is 51.4 Å². The summed E-state index contributed by atoms with van der Waals surface area (Å²) in [7, 11) is 0. The number of aryl methyl sites for hydroxylation is 1. The minimum absolute atomic E-state index is 0.115. The van der Waals surface area contributed by atoms with Crippen molar-refractivity contribution in [3.05, 3.63) is 73.4 Å². The minimum Gasteiger partial charge on any atom is -0.373 e.